The molecule has 2 atom stereocenters. The van der Waals surface area contributed by atoms with Crippen LogP contribution in [0, 0.1) is 0 Å². The van der Waals surface area contributed by atoms with Gasteiger partial charge in [0.05, 0.1) is 24.3 Å². The number of nitrogens with zero attached hydrogens (tertiary/aromatic N) is 3. The lowest BCUT2D eigenvalue weighted by atomic mass is 10.2. The number of hydrogen-bond donors (Lipinski definition) is 1. The van der Waals surface area contributed by atoms with E-state index >= 15 is 0 Å². The van der Waals surface area contributed by atoms with E-state index in [9.17, 15) is 8.42 Å². The zero-order chi connectivity index (χ0) is 18.6. The van der Waals surface area contributed by atoms with Gasteiger partial charge < -0.3 is 14.6 Å². The highest BCUT2D eigenvalue weighted by Crippen LogP contribution is 2.14. The van der Waals surface area contributed by atoms with Crippen molar-refractivity contribution in [3.05, 3.63) is 48.5 Å². The summed E-state index contributed by atoms with van der Waals surface area (Å²) in [6.07, 6.45) is 5.27. The zero-order valence-corrected chi connectivity index (χ0v) is 16.0. The summed E-state index contributed by atoms with van der Waals surface area (Å²) < 4.78 is 34.1. The Kier molecular flexibility index (Phi) is 6.08. The van der Waals surface area contributed by atoms with Crippen LogP contribution in [0.4, 0.5) is 0 Å². The van der Waals surface area contributed by atoms with Crippen molar-refractivity contribution < 1.29 is 13.2 Å². The average molecular weight is 378 g/mol. The minimum atomic E-state index is -3.26. The minimum absolute atomic E-state index is 0.0597. The van der Waals surface area contributed by atoms with Crippen LogP contribution in [0.15, 0.2) is 43.0 Å². The summed E-state index contributed by atoms with van der Waals surface area (Å²) >= 11 is 0. The van der Waals surface area contributed by atoms with Crippen molar-refractivity contribution in [2.24, 2.45) is 0 Å². The van der Waals surface area contributed by atoms with Crippen LogP contribution < -0.4 is 5.32 Å². The summed E-state index contributed by atoms with van der Waals surface area (Å²) in [5.74, 6) is 0.0968. The molecule has 8 heteroatoms. The molecule has 2 aromatic rings. The summed E-state index contributed by atoms with van der Waals surface area (Å²) in [5.41, 5.74) is 2.16. The Bertz CT molecular complexity index is 780. The van der Waals surface area contributed by atoms with Gasteiger partial charge in [-0.15, -0.1) is 0 Å². The predicted molar refractivity (Wildman–Crippen MR) is 101 cm³/mol. The fraction of sp³-hybridized carbons (Fsp3) is 0.500. The molecule has 3 rings (SSSR count). The first-order chi connectivity index (χ1) is 12.4. The van der Waals surface area contributed by atoms with E-state index in [2.05, 4.69) is 10.3 Å². The fourth-order valence-corrected chi connectivity index (χ4v) is 4.65. The molecular weight excluding hydrogens is 352 g/mol. The van der Waals surface area contributed by atoms with Crippen LogP contribution in [-0.4, -0.2) is 59.9 Å². The Labute approximate surface area is 155 Å². The van der Waals surface area contributed by atoms with Gasteiger partial charge >= 0.3 is 0 Å². The van der Waals surface area contributed by atoms with Crippen molar-refractivity contribution >= 4 is 10.0 Å². The summed E-state index contributed by atoms with van der Waals surface area (Å²) in [5, 5.41) is 3.22. The molecule has 2 unspecified atom stereocenters. The molecule has 0 aliphatic carbocycles. The van der Waals surface area contributed by atoms with Gasteiger partial charge in [-0.25, -0.2) is 13.4 Å². The van der Waals surface area contributed by atoms with E-state index in [1.165, 1.54) is 0 Å². The maximum absolute atomic E-state index is 12.5. The molecule has 142 valence electrons. The van der Waals surface area contributed by atoms with Crippen molar-refractivity contribution in [3.63, 3.8) is 0 Å². The molecule has 26 heavy (non-hydrogen) atoms. The largest absolute Gasteiger partial charge is 0.373 e. The molecule has 1 fully saturated rings. The van der Waals surface area contributed by atoms with E-state index in [0.717, 1.165) is 11.3 Å². The van der Waals surface area contributed by atoms with Gasteiger partial charge in [-0.1, -0.05) is 12.1 Å². The number of imidazole rings is 1. The number of aromatic nitrogens is 2. The molecule has 1 aromatic carbocycles. The number of benzene rings is 1. The summed E-state index contributed by atoms with van der Waals surface area (Å²) in [7, 11) is -3.26. The third-order valence-corrected chi connectivity index (χ3v) is 6.19. The highest BCUT2D eigenvalue weighted by molar-refractivity contribution is 7.89. The highest BCUT2D eigenvalue weighted by atomic mass is 32.2. The first-order valence-corrected chi connectivity index (χ1v) is 10.5. The Morgan fingerprint density at radius 2 is 1.88 bits per heavy atom. The first kappa shape index (κ1) is 19.0. The van der Waals surface area contributed by atoms with Crippen LogP contribution in [-0.2, 0) is 21.3 Å². The molecule has 2 heterocycles. The fourth-order valence-electron chi connectivity index (χ4n) is 3.12. The Morgan fingerprint density at radius 1 is 1.19 bits per heavy atom. The van der Waals surface area contributed by atoms with Crippen molar-refractivity contribution in [3.8, 4) is 5.69 Å². The van der Waals surface area contributed by atoms with Gasteiger partial charge in [0.2, 0.25) is 10.0 Å². The number of hydrogen-bond acceptors (Lipinski definition) is 5. The molecule has 0 spiro atoms. The second kappa shape index (κ2) is 8.30. The van der Waals surface area contributed by atoms with Gasteiger partial charge in [-0.2, -0.15) is 4.31 Å². The lowest BCUT2D eigenvalue weighted by Gasteiger charge is -2.34. The van der Waals surface area contributed by atoms with Crippen molar-refractivity contribution in [1.29, 1.82) is 0 Å². The van der Waals surface area contributed by atoms with E-state index in [-0.39, 0.29) is 18.0 Å². The first-order valence-electron chi connectivity index (χ1n) is 8.85. The lowest BCUT2D eigenvalue weighted by Crippen LogP contribution is -2.49. The van der Waals surface area contributed by atoms with E-state index < -0.39 is 10.0 Å². The van der Waals surface area contributed by atoms with Crippen LogP contribution in [0.2, 0.25) is 0 Å². The highest BCUT2D eigenvalue weighted by Gasteiger charge is 2.30. The van der Waals surface area contributed by atoms with Crippen LogP contribution in [0.3, 0.4) is 0 Å². The Hall–Kier alpha value is -1.74. The maximum atomic E-state index is 12.5. The monoisotopic (exact) mass is 378 g/mol. The third kappa shape index (κ3) is 4.91. The van der Waals surface area contributed by atoms with Crippen LogP contribution in [0.25, 0.3) is 5.69 Å². The number of nitrogens with one attached hydrogen (secondary N) is 1. The SMILES string of the molecule is CC1CN(S(=O)(=O)CCNCc2ccc(-n3ccnc3)cc2)CC(C)O1. The van der Waals surface area contributed by atoms with Gasteiger partial charge in [0.15, 0.2) is 0 Å². The molecule has 0 bridgehead atoms. The average Bonchev–Trinajstić information content (AvgIpc) is 3.13. The van der Waals surface area contributed by atoms with Crippen molar-refractivity contribution in [2.45, 2.75) is 32.6 Å². The van der Waals surface area contributed by atoms with E-state index in [1.807, 2.05) is 48.9 Å². The second-order valence-corrected chi connectivity index (χ2v) is 8.79. The number of morpholine rings is 1. The van der Waals surface area contributed by atoms with Gasteiger partial charge in [0.1, 0.15) is 0 Å². The molecule has 1 aliphatic heterocycles. The van der Waals surface area contributed by atoms with Gasteiger partial charge in [-0.3, -0.25) is 0 Å². The summed E-state index contributed by atoms with van der Waals surface area (Å²) in [6, 6.07) is 8.10. The van der Waals surface area contributed by atoms with E-state index in [0.29, 0.717) is 26.2 Å². The van der Waals surface area contributed by atoms with Crippen LogP contribution >= 0.6 is 0 Å². The molecule has 0 saturated carbocycles. The molecule has 0 amide bonds. The number of sulfonamides is 1. The van der Waals surface area contributed by atoms with Gasteiger partial charge in [-0.05, 0) is 31.5 Å². The molecule has 0 radical (unpaired) electrons. The summed E-state index contributed by atoms with van der Waals surface area (Å²) in [6.45, 7) is 5.74. The molecule has 1 N–H and O–H groups in total. The van der Waals surface area contributed by atoms with Crippen molar-refractivity contribution in [2.75, 3.05) is 25.4 Å². The topological polar surface area (TPSA) is 76.5 Å². The quantitative estimate of drug-likeness (QED) is 0.737. The smallest absolute Gasteiger partial charge is 0.215 e. The number of ether oxygens (including phenoxy) is 1. The maximum Gasteiger partial charge on any atom is 0.215 e. The standard InChI is InChI=1S/C18H26N4O3S/c1-15-12-22(13-16(2)25-15)26(23,24)10-8-19-11-17-3-5-18(6-4-17)21-9-7-20-14-21/h3-7,9,14-16,19H,8,10-13H2,1-2H3. The van der Waals surface area contributed by atoms with Gasteiger partial charge in [0, 0.05) is 44.3 Å². The zero-order valence-electron chi connectivity index (χ0n) is 15.2. The van der Waals surface area contributed by atoms with Gasteiger partial charge in [0.25, 0.3) is 0 Å². The van der Waals surface area contributed by atoms with Crippen LogP contribution in [0.1, 0.15) is 19.4 Å². The molecular formula is C18H26N4O3S. The number of rotatable bonds is 7. The van der Waals surface area contributed by atoms with E-state index in [1.54, 1.807) is 16.8 Å². The minimum Gasteiger partial charge on any atom is -0.373 e. The molecule has 1 aromatic heterocycles. The normalized spacial score (nSPS) is 21.8. The Balaban J connectivity index is 1.46. The molecule has 1 aliphatic rings. The van der Waals surface area contributed by atoms with Crippen LogP contribution in [0.5, 0.6) is 0 Å². The second-order valence-electron chi connectivity index (χ2n) is 6.70. The molecule has 1 saturated heterocycles. The summed E-state index contributed by atoms with van der Waals surface area (Å²) in [4.78, 5) is 4.03. The lowest BCUT2D eigenvalue weighted by molar-refractivity contribution is -0.0440. The third-order valence-electron chi connectivity index (χ3n) is 4.38. The Morgan fingerprint density at radius 3 is 2.50 bits per heavy atom. The predicted octanol–water partition coefficient (Wildman–Crippen LogP) is 1.40. The van der Waals surface area contributed by atoms with Crippen molar-refractivity contribution in [1.82, 2.24) is 19.2 Å². The molecule has 7 nitrogen and oxygen atoms in total. The van der Waals surface area contributed by atoms with E-state index in [4.69, 9.17) is 4.74 Å².